The van der Waals surface area contributed by atoms with E-state index in [9.17, 15) is 4.79 Å². The molecule has 1 atom stereocenters. The third kappa shape index (κ3) is 3.32. The fourth-order valence-corrected chi connectivity index (χ4v) is 2.45. The third-order valence-electron chi connectivity index (χ3n) is 3.87. The minimum atomic E-state index is -0.204. The van der Waals surface area contributed by atoms with Gasteiger partial charge in [-0.2, -0.15) is 0 Å². The van der Waals surface area contributed by atoms with Gasteiger partial charge in [0.1, 0.15) is 6.61 Å². The number of nitrogens with one attached hydrogen (secondary N) is 1. The van der Waals surface area contributed by atoms with Crippen molar-refractivity contribution in [2.75, 3.05) is 26.7 Å². The van der Waals surface area contributed by atoms with Crippen molar-refractivity contribution in [3.05, 3.63) is 34.9 Å². The first-order chi connectivity index (χ1) is 9.43. The number of nitrogens with zero attached hydrogens (tertiary/aromatic N) is 1. The molecule has 1 N–H and O–H groups in total. The number of carbonyl (C=O) groups excluding carboxylic acids is 1. The first-order valence-electron chi connectivity index (χ1n) is 6.78. The Morgan fingerprint density at radius 3 is 2.70 bits per heavy atom. The van der Waals surface area contributed by atoms with Gasteiger partial charge in [0.2, 0.25) is 5.91 Å². The summed E-state index contributed by atoms with van der Waals surface area (Å²) in [5, 5.41) is 3.82. The van der Waals surface area contributed by atoms with E-state index in [-0.39, 0.29) is 24.2 Å². The number of carbonyl (C=O) groups is 1. The van der Waals surface area contributed by atoms with Crippen LogP contribution in [0.25, 0.3) is 0 Å². The summed E-state index contributed by atoms with van der Waals surface area (Å²) in [6, 6.07) is 7.51. The van der Waals surface area contributed by atoms with Crippen LogP contribution in [0.2, 0.25) is 5.02 Å². The van der Waals surface area contributed by atoms with Crippen LogP contribution in [0.4, 0.5) is 0 Å². The molecule has 1 saturated heterocycles. The standard InChI is InChI=1S/C15H21ClN2O2/c1-11(12-6-4-5-7-13(12)16)18(3)14(19)8-20-15(2)9-17-10-15/h4-7,11,17H,8-10H2,1-3H3. The summed E-state index contributed by atoms with van der Waals surface area (Å²) in [6.45, 7) is 5.66. The molecule has 2 rings (SSSR count). The van der Waals surface area contributed by atoms with Crippen LogP contribution in [-0.4, -0.2) is 43.2 Å². The van der Waals surface area contributed by atoms with Crippen LogP contribution < -0.4 is 5.32 Å². The van der Waals surface area contributed by atoms with E-state index >= 15 is 0 Å². The van der Waals surface area contributed by atoms with Gasteiger partial charge in [-0.25, -0.2) is 0 Å². The van der Waals surface area contributed by atoms with Crippen molar-refractivity contribution in [2.24, 2.45) is 0 Å². The molecule has 0 aromatic heterocycles. The van der Waals surface area contributed by atoms with Gasteiger partial charge in [0.05, 0.1) is 11.6 Å². The Hall–Kier alpha value is -1.10. The molecule has 4 nitrogen and oxygen atoms in total. The molecule has 1 aromatic carbocycles. The molecule has 110 valence electrons. The SMILES string of the molecule is CC(c1ccccc1Cl)N(C)C(=O)COC1(C)CNC1. The third-order valence-corrected chi connectivity index (χ3v) is 4.22. The van der Waals surface area contributed by atoms with Gasteiger partial charge in [-0.05, 0) is 25.5 Å². The zero-order chi connectivity index (χ0) is 14.8. The van der Waals surface area contributed by atoms with Gasteiger partial charge < -0.3 is 15.0 Å². The zero-order valence-corrected chi connectivity index (χ0v) is 12.9. The van der Waals surface area contributed by atoms with E-state index in [1.165, 1.54) is 0 Å². The van der Waals surface area contributed by atoms with E-state index in [0.29, 0.717) is 5.02 Å². The van der Waals surface area contributed by atoms with Gasteiger partial charge in [0, 0.05) is 25.2 Å². The average molecular weight is 297 g/mol. The summed E-state index contributed by atoms with van der Waals surface area (Å²) in [7, 11) is 1.78. The number of likely N-dealkylation sites (N-methyl/N-ethyl adjacent to an activating group) is 1. The Labute approximate surface area is 125 Å². The van der Waals surface area contributed by atoms with Crippen LogP contribution in [0.3, 0.4) is 0 Å². The molecule has 0 aliphatic carbocycles. The molecule has 20 heavy (non-hydrogen) atoms. The van der Waals surface area contributed by atoms with Gasteiger partial charge in [0.15, 0.2) is 0 Å². The highest BCUT2D eigenvalue weighted by molar-refractivity contribution is 6.31. The van der Waals surface area contributed by atoms with Crippen molar-refractivity contribution in [2.45, 2.75) is 25.5 Å². The van der Waals surface area contributed by atoms with Crippen molar-refractivity contribution >= 4 is 17.5 Å². The summed E-state index contributed by atoms with van der Waals surface area (Å²) in [5.41, 5.74) is 0.742. The predicted molar refractivity (Wildman–Crippen MR) is 79.9 cm³/mol. The van der Waals surface area contributed by atoms with Gasteiger partial charge in [-0.15, -0.1) is 0 Å². The first-order valence-corrected chi connectivity index (χ1v) is 7.15. The molecule has 1 amide bonds. The number of hydrogen-bond acceptors (Lipinski definition) is 3. The second-order valence-corrected chi connectivity index (χ2v) is 5.95. The van der Waals surface area contributed by atoms with Crippen LogP contribution in [0.5, 0.6) is 0 Å². The molecule has 1 aliphatic heterocycles. The number of benzene rings is 1. The molecule has 1 fully saturated rings. The smallest absolute Gasteiger partial charge is 0.248 e. The second-order valence-electron chi connectivity index (χ2n) is 5.54. The van der Waals surface area contributed by atoms with E-state index in [1.54, 1.807) is 11.9 Å². The maximum Gasteiger partial charge on any atom is 0.248 e. The van der Waals surface area contributed by atoms with E-state index in [2.05, 4.69) is 5.32 Å². The molecule has 1 aromatic rings. The Kier molecular flexibility index (Phi) is 4.68. The molecule has 0 spiro atoms. The van der Waals surface area contributed by atoms with Crippen LogP contribution in [0, 0.1) is 0 Å². The highest BCUT2D eigenvalue weighted by atomic mass is 35.5. The molecule has 0 saturated carbocycles. The lowest BCUT2D eigenvalue weighted by Crippen LogP contribution is -2.59. The highest BCUT2D eigenvalue weighted by Crippen LogP contribution is 2.26. The Bertz CT molecular complexity index is 489. The Morgan fingerprint density at radius 2 is 2.15 bits per heavy atom. The number of hydrogen-bond donors (Lipinski definition) is 1. The molecule has 0 bridgehead atoms. The van der Waals surface area contributed by atoms with Gasteiger partial charge in [0.25, 0.3) is 0 Å². The van der Waals surface area contributed by atoms with Crippen LogP contribution >= 0.6 is 11.6 Å². The van der Waals surface area contributed by atoms with Crippen molar-refractivity contribution < 1.29 is 9.53 Å². The fourth-order valence-electron chi connectivity index (χ4n) is 2.16. The highest BCUT2D eigenvalue weighted by Gasteiger charge is 2.33. The van der Waals surface area contributed by atoms with Crippen molar-refractivity contribution in [1.82, 2.24) is 10.2 Å². The molecular weight excluding hydrogens is 276 g/mol. The first kappa shape index (κ1) is 15.3. The van der Waals surface area contributed by atoms with Crippen molar-refractivity contribution in [1.29, 1.82) is 0 Å². The van der Waals surface area contributed by atoms with E-state index < -0.39 is 0 Å². The topological polar surface area (TPSA) is 41.6 Å². The number of halogens is 1. The summed E-state index contributed by atoms with van der Waals surface area (Å²) in [4.78, 5) is 13.9. The molecule has 1 unspecified atom stereocenters. The van der Waals surface area contributed by atoms with Gasteiger partial charge in [-0.3, -0.25) is 4.79 Å². The summed E-state index contributed by atoms with van der Waals surface area (Å²) in [6.07, 6.45) is 0. The lowest BCUT2D eigenvalue weighted by molar-refractivity contribution is -0.146. The van der Waals surface area contributed by atoms with Crippen molar-refractivity contribution in [3.63, 3.8) is 0 Å². The summed E-state index contributed by atoms with van der Waals surface area (Å²) in [5.74, 6) is -0.0365. The van der Waals surface area contributed by atoms with Crippen LogP contribution in [0.15, 0.2) is 24.3 Å². The lowest BCUT2D eigenvalue weighted by atomic mass is 10.0. The molecule has 5 heteroatoms. The average Bonchev–Trinajstić information content (AvgIpc) is 2.41. The monoisotopic (exact) mass is 296 g/mol. The van der Waals surface area contributed by atoms with E-state index in [1.807, 2.05) is 38.1 Å². The number of ether oxygens (including phenoxy) is 1. The maximum absolute atomic E-state index is 12.2. The molecule has 1 aliphatic rings. The lowest BCUT2D eigenvalue weighted by Gasteiger charge is -2.39. The molecule has 0 radical (unpaired) electrons. The predicted octanol–water partition coefficient (Wildman–Crippen LogP) is 2.24. The largest absolute Gasteiger partial charge is 0.363 e. The fraction of sp³-hybridized carbons (Fsp3) is 0.533. The molecule has 1 heterocycles. The number of amides is 1. The summed E-state index contributed by atoms with van der Waals surface area (Å²) >= 11 is 6.17. The normalized spacial score (nSPS) is 18.2. The van der Waals surface area contributed by atoms with Crippen LogP contribution in [0.1, 0.15) is 25.5 Å². The minimum Gasteiger partial charge on any atom is -0.363 e. The summed E-state index contributed by atoms with van der Waals surface area (Å²) < 4.78 is 5.68. The maximum atomic E-state index is 12.2. The van der Waals surface area contributed by atoms with Crippen LogP contribution in [-0.2, 0) is 9.53 Å². The van der Waals surface area contributed by atoms with E-state index in [4.69, 9.17) is 16.3 Å². The quantitative estimate of drug-likeness (QED) is 0.906. The zero-order valence-electron chi connectivity index (χ0n) is 12.1. The number of rotatable bonds is 5. The molecular formula is C15H21ClN2O2. The Morgan fingerprint density at radius 1 is 1.50 bits per heavy atom. The Balaban J connectivity index is 1.94. The van der Waals surface area contributed by atoms with Gasteiger partial charge >= 0.3 is 0 Å². The minimum absolute atomic E-state index is 0.0365. The van der Waals surface area contributed by atoms with E-state index in [0.717, 1.165) is 18.7 Å². The van der Waals surface area contributed by atoms with Crippen molar-refractivity contribution in [3.8, 4) is 0 Å². The second kappa shape index (κ2) is 6.12. The van der Waals surface area contributed by atoms with Gasteiger partial charge in [-0.1, -0.05) is 29.8 Å².